The van der Waals surface area contributed by atoms with Crippen LogP contribution >= 0.6 is 11.6 Å². The first kappa shape index (κ1) is 36.0. The van der Waals surface area contributed by atoms with Crippen LogP contribution in [0, 0.1) is 45.0 Å². The first-order chi connectivity index (χ1) is 25.9. The Labute approximate surface area is 319 Å². The second-order valence-corrected chi connectivity index (χ2v) is 16.1. The number of piperidine rings is 1. The average Bonchev–Trinajstić information content (AvgIpc) is 3.79. The molecule has 4 aliphatic rings. The van der Waals surface area contributed by atoms with Gasteiger partial charge in [-0.1, -0.05) is 35.0 Å². The quantitative estimate of drug-likeness (QED) is 0.136. The lowest BCUT2D eigenvalue weighted by molar-refractivity contribution is -0.136. The smallest absolute Gasteiger partial charge is 0.259 e. The molecule has 54 heavy (non-hydrogen) atoms. The number of anilines is 2. The van der Waals surface area contributed by atoms with E-state index < -0.39 is 17.5 Å². The molecule has 1 atom stereocenters. The SMILES string of the molecule is [C-]#[N+]C1(c2ccc(N(CC3CCC(Cc4cc5c(cc4F)C(=O)N(C4CCC(=O)NC4=O)C5)CC3)c3cc(-c4c(C)noc4C)ccc3C)cc2Cl)CC1. The van der Waals surface area contributed by atoms with E-state index >= 15 is 4.39 Å². The monoisotopic (exact) mass is 747 g/mol. The number of carbonyl (C=O) groups excluding carboxylic acids is 3. The summed E-state index contributed by atoms with van der Waals surface area (Å²) >= 11 is 6.94. The van der Waals surface area contributed by atoms with E-state index in [0.29, 0.717) is 34.4 Å². The molecule has 3 amide bonds. The van der Waals surface area contributed by atoms with Crippen molar-refractivity contribution in [3.63, 3.8) is 0 Å². The van der Waals surface area contributed by atoms with Gasteiger partial charge >= 0.3 is 0 Å². The molecule has 8 rings (SSSR count). The van der Waals surface area contributed by atoms with Crippen LogP contribution < -0.4 is 10.2 Å². The van der Waals surface area contributed by atoms with Crippen LogP contribution in [0.5, 0.6) is 0 Å². The van der Waals surface area contributed by atoms with Crippen LogP contribution in [-0.4, -0.2) is 40.4 Å². The molecular weight excluding hydrogens is 705 g/mol. The number of halogens is 2. The Morgan fingerprint density at radius 3 is 2.44 bits per heavy atom. The van der Waals surface area contributed by atoms with E-state index in [4.69, 9.17) is 22.7 Å². The summed E-state index contributed by atoms with van der Waals surface area (Å²) in [5.74, 6) is -0.115. The molecule has 3 aromatic carbocycles. The van der Waals surface area contributed by atoms with Crippen molar-refractivity contribution in [3.8, 4) is 11.1 Å². The fourth-order valence-corrected chi connectivity index (χ4v) is 9.24. The highest BCUT2D eigenvalue weighted by Gasteiger charge is 2.53. The first-order valence-electron chi connectivity index (χ1n) is 18.9. The van der Waals surface area contributed by atoms with Crippen molar-refractivity contribution in [1.29, 1.82) is 0 Å². The lowest BCUT2D eigenvalue weighted by Crippen LogP contribution is -2.52. The summed E-state index contributed by atoms with van der Waals surface area (Å²) in [6.07, 6.45) is 6.53. The summed E-state index contributed by atoms with van der Waals surface area (Å²) in [5, 5.41) is 7.14. The Kier molecular flexibility index (Phi) is 9.33. The number of hydrogen-bond donors (Lipinski definition) is 1. The number of amides is 3. The molecule has 1 aromatic heterocycles. The number of fused-ring (bicyclic) bond motifs is 1. The first-order valence-corrected chi connectivity index (χ1v) is 19.3. The zero-order valence-corrected chi connectivity index (χ0v) is 31.6. The number of hydrogen-bond acceptors (Lipinski definition) is 6. The number of rotatable bonds is 9. The average molecular weight is 748 g/mol. The second kappa shape index (κ2) is 14.0. The maximum absolute atomic E-state index is 15.5. The molecular formula is C43H43ClFN5O4. The number of benzene rings is 3. The van der Waals surface area contributed by atoms with E-state index in [1.54, 1.807) is 0 Å². The van der Waals surface area contributed by atoms with Crippen LogP contribution in [0.2, 0.25) is 5.02 Å². The van der Waals surface area contributed by atoms with Crippen LogP contribution in [0.25, 0.3) is 16.0 Å². The van der Waals surface area contributed by atoms with Gasteiger partial charge in [0.2, 0.25) is 11.8 Å². The van der Waals surface area contributed by atoms with Gasteiger partial charge < -0.3 is 19.2 Å². The maximum atomic E-state index is 15.5. The summed E-state index contributed by atoms with van der Waals surface area (Å²) in [5.41, 5.74) is 8.07. The van der Waals surface area contributed by atoms with E-state index in [0.717, 1.165) is 95.7 Å². The molecule has 1 unspecified atom stereocenters. The molecule has 3 heterocycles. The highest BCUT2D eigenvalue weighted by molar-refractivity contribution is 6.32. The van der Waals surface area contributed by atoms with Crippen molar-refractivity contribution < 1.29 is 23.3 Å². The zero-order valence-electron chi connectivity index (χ0n) is 30.8. The van der Waals surface area contributed by atoms with Gasteiger partial charge in [0.15, 0.2) is 0 Å². The van der Waals surface area contributed by atoms with Crippen LogP contribution in [0.15, 0.2) is 53.1 Å². The van der Waals surface area contributed by atoms with Crippen molar-refractivity contribution in [2.45, 2.75) is 96.7 Å². The Bertz CT molecular complexity index is 2210. The highest BCUT2D eigenvalue weighted by Crippen LogP contribution is 2.52. The number of carbonyl (C=O) groups is 3. The molecule has 2 aliphatic heterocycles. The molecule has 2 aliphatic carbocycles. The minimum atomic E-state index is -0.728. The number of imide groups is 1. The maximum Gasteiger partial charge on any atom is 0.259 e. The predicted molar refractivity (Wildman–Crippen MR) is 204 cm³/mol. The van der Waals surface area contributed by atoms with Gasteiger partial charge in [-0.15, -0.1) is 0 Å². The Morgan fingerprint density at radius 1 is 1.02 bits per heavy atom. The summed E-state index contributed by atoms with van der Waals surface area (Å²) in [4.78, 5) is 45.1. The van der Waals surface area contributed by atoms with Gasteiger partial charge in [0.1, 0.15) is 17.6 Å². The number of nitrogens with one attached hydrogen (secondary N) is 1. The minimum absolute atomic E-state index is 0.176. The third-order valence-corrected chi connectivity index (χ3v) is 12.4. The van der Waals surface area contributed by atoms with Gasteiger partial charge in [-0.3, -0.25) is 19.7 Å². The van der Waals surface area contributed by atoms with E-state index in [1.165, 1.54) is 11.0 Å². The molecule has 0 radical (unpaired) electrons. The third kappa shape index (κ3) is 6.57. The Morgan fingerprint density at radius 2 is 1.78 bits per heavy atom. The van der Waals surface area contributed by atoms with Gasteiger partial charge in [-0.05, 0) is 124 Å². The van der Waals surface area contributed by atoms with Crippen LogP contribution in [0.3, 0.4) is 0 Å². The normalized spacial score (nSPS) is 21.8. The van der Waals surface area contributed by atoms with Crippen molar-refractivity contribution in [1.82, 2.24) is 15.4 Å². The number of aryl methyl sites for hydroxylation is 3. The number of nitrogens with zero attached hydrogens (tertiary/aromatic N) is 4. The Balaban J connectivity index is 0.999. The van der Waals surface area contributed by atoms with Gasteiger partial charge in [-0.2, -0.15) is 0 Å². The van der Waals surface area contributed by atoms with Gasteiger partial charge in [0.05, 0.1) is 16.3 Å². The second-order valence-electron chi connectivity index (χ2n) is 15.7. The van der Waals surface area contributed by atoms with Crippen molar-refractivity contribution in [3.05, 3.63) is 110 Å². The summed E-state index contributed by atoms with van der Waals surface area (Å²) in [6.45, 7) is 14.8. The molecule has 3 fully saturated rings. The Hall–Kier alpha value is -5.01. The van der Waals surface area contributed by atoms with E-state index in [-0.39, 0.29) is 37.0 Å². The van der Waals surface area contributed by atoms with Crippen molar-refractivity contribution in [2.24, 2.45) is 11.8 Å². The zero-order chi connectivity index (χ0) is 37.9. The van der Waals surface area contributed by atoms with Crippen LogP contribution in [0.1, 0.15) is 95.4 Å². The van der Waals surface area contributed by atoms with Crippen LogP contribution in [0.4, 0.5) is 15.8 Å². The highest BCUT2D eigenvalue weighted by atomic mass is 35.5. The topological polar surface area (TPSA) is 100 Å². The van der Waals surface area contributed by atoms with Gasteiger partial charge in [0.25, 0.3) is 11.4 Å². The lowest BCUT2D eigenvalue weighted by atomic mass is 9.78. The predicted octanol–water partition coefficient (Wildman–Crippen LogP) is 8.92. The summed E-state index contributed by atoms with van der Waals surface area (Å²) in [7, 11) is 0. The van der Waals surface area contributed by atoms with Crippen molar-refractivity contribution in [2.75, 3.05) is 11.4 Å². The largest absolute Gasteiger partial charge is 0.361 e. The minimum Gasteiger partial charge on any atom is -0.361 e. The van der Waals surface area contributed by atoms with E-state index in [1.807, 2.05) is 32.0 Å². The van der Waals surface area contributed by atoms with Crippen LogP contribution in [-0.2, 0) is 28.1 Å². The van der Waals surface area contributed by atoms with Gasteiger partial charge in [0, 0.05) is 54.9 Å². The third-order valence-electron chi connectivity index (χ3n) is 12.1. The molecule has 1 saturated heterocycles. The molecule has 11 heteroatoms. The fraction of sp³-hybridized carbons (Fsp3) is 0.419. The fourth-order valence-electron chi connectivity index (χ4n) is 8.89. The molecule has 0 spiro atoms. The summed E-state index contributed by atoms with van der Waals surface area (Å²) in [6, 6.07) is 15.0. The summed E-state index contributed by atoms with van der Waals surface area (Å²) < 4.78 is 21.1. The number of aromatic nitrogens is 1. The standard InChI is InChI=1S/C43H43ClFN5O4/c1-24-5-10-29(40-25(2)48-54-26(40)3)19-38(24)49(32-11-12-34(35(44)20-32)43(46-4)15-16-43)22-28-8-6-27(7-9-28)17-30-18-31-23-50(42(53)33(31)21-36(30)45)37-13-14-39(51)47-41(37)52/h5,10-12,18-21,27-28,37H,6-9,13-17,22-23H2,1-3H3,(H,47,51,52). The lowest BCUT2D eigenvalue weighted by Gasteiger charge is -2.35. The van der Waals surface area contributed by atoms with Crippen molar-refractivity contribution >= 4 is 40.7 Å². The van der Waals surface area contributed by atoms with Gasteiger partial charge in [-0.25, -0.2) is 11.0 Å². The van der Waals surface area contributed by atoms with E-state index in [2.05, 4.69) is 51.4 Å². The molecule has 1 N–H and O–H groups in total. The molecule has 2 saturated carbocycles. The van der Waals surface area contributed by atoms with E-state index in [9.17, 15) is 14.4 Å². The molecule has 0 bridgehead atoms. The molecule has 278 valence electrons. The molecule has 9 nitrogen and oxygen atoms in total. The molecule has 4 aromatic rings.